The van der Waals surface area contributed by atoms with Gasteiger partial charge in [-0.2, -0.15) is 0 Å². The van der Waals surface area contributed by atoms with Gasteiger partial charge in [-0.15, -0.1) is 0 Å². The van der Waals surface area contributed by atoms with E-state index < -0.39 is 21.7 Å². The fourth-order valence-electron chi connectivity index (χ4n) is 0.990. The van der Waals surface area contributed by atoms with Crippen LogP contribution < -0.4 is 0 Å². The number of rotatable bonds is 1. The van der Waals surface area contributed by atoms with Gasteiger partial charge in [0.25, 0.3) is 0 Å². The molecule has 0 bridgehead atoms. The zero-order chi connectivity index (χ0) is 7.78. The molecule has 0 spiro atoms. The van der Waals surface area contributed by atoms with Crippen molar-refractivity contribution >= 4 is 15.8 Å². The van der Waals surface area contributed by atoms with E-state index in [1.165, 1.54) is 0 Å². The van der Waals surface area contributed by atoms with Crippen LogP contribution in [0.5, 0.6) is 0 Å². The molecular formula is C5H8O4S. The molecule has 1 atom stereocenters. The van der Waals surface area contributed by atoms with Gasteiger partial charge in [0, 0.05) is 0 Å². The lowest BCUT2D eigenvalue weighted by Crippen LogP contribution is -2.14. The fraction of sp³-hybridized carbons (Fsp3) is 0.800. The number of carboxylic acids is 1. The summed E-state index contributed by atoms with van der Waals surface area (Å²) in [6.07, 6.45) is 0.275. The predicted octanol–water partition coefficient (Wildman–Crippen LogP) is -0.494. The Labute approximate surface area is 58.8 Å². The third-order valence-electron chi connectivity index (χ3n) is 1.58. The number of hydrogen-bond acceptors (Lipinski definition) is 3. The molecule has 1 fully saturated rings. The lowest BCUT2D eigenvalue weighted by molar-refractivity contribution is -0.140. The van der Waals surface area contributed by atoms with Gasteiger partial charge in [-0.1, -0.05) is 0 Å². The van der Waals surface area contributed by atoms with Crippen molar-refractivity contribution < 1.29 is 18.3 Å². The number of sulfone groups is 1. The molecule has 0 aromatic heterocycles. The molecular weight excluding hydrogens is 156 g/mol. The highest BCUT2D eigenvalue weighted by atomic mass is 32.2. The Hall–Kier alpha value is -0.580. The minimum atomic E-state index is -3.02. The average Bonchev–Trinajstić information content (AvgIpc) is 2.10. The standard InChI is InChI=1S/C5H8O4S/c6-5(7)4-1-2-10(8,9)3-4/h4H,1-3H2,(H,6,7)/t4-/m0/s1. The summed E-state index contributed by atoms with van der Waals surface area (Å²) in [7, 11) is -3.02. The van der Waals surface area contributed by atoms with Crippen molar-refractivity contribution in [2.24, 2.45) is 5.92 Å². The second-order valence-electron chi connectivity index (χ2n) is 2.44. The quantitative estimate of drug-likeness (QED) is 0.567. The smallest absolute Gasteiger partial charge is 0.307 e. The largest absolute Gasteiger partial charge is 0.481 e. The van der Waals surface area contributed by atoms with Crippen LogP contribution in [0.15, 0.2) is 0 Å². The summed E-state index contributed by atoms with van der Waals surface area (Å²) in [5.74, 6) is -1.81. The second kappa shape index (κ2) is 2.23. The summed E-state index contributed by atoms with van der Waals surface area (Å²) >= 11 is 0. The van der Waals surface area contributed by atoms with Crippen LogP contribution in [0.1, 0.15) is 6.42 Å². The number of hydrogen-bond donors (Lipinski definition) is 1. The van der Waals surface area contributed by atoms with Crippen molar-refractivity contribution in [1.82, 2.24) is 0 Å². The van der Waals surface area contributed by atoms with Crippen LogP contribution in [0.3, 0.4) is 0 Å². The van der Waals surface area contributed by atoms with Crippen LogP contribution in [0.2, 0.25) is 0 Å². The van der Waals surface area contributed by atoms with E-state index >= 15 is 0 Å². The highest BCUT2D eigenvalue weighted by molar-refractivity contribution is 7.91. The Morgan fingerprint density at radius 3 is 2.30 bits per heavy atom. The lowest BCUT2D eigenvalue weighted by Gasteiger charge is -1.95. The van der Waals surface area contributed by atoms with Crippen LogP contribution >= 0.6 is 0 Å². The number of carboxylic acid groups (broad SMARTS) is 1. The van der Waals surface area contributed by atoms with Crippen LogP contribution in [0.25, 0.3) is 0 Å². The zero-order valence-electron chi connectivity index (χ0n) is 5.28. The first-order valence-corrected chi connectivity index (χ1v) is 4.76. The average molecular weight is 164 g/mol. The SMILES string of the molecule is O=C(O)[C@H]1CCS(=O)(=O)C1. The molecule has 0 aliphatic carbocycles. The van der Waals surface area contributed by atoms with Crippen molar-refractivity contribution in [3.8, 4) is 0 Å². The fourth-order valence-corrected chi connectivity index (χ4v) is 2.72. The summed E-state index contributed by atoms with van der Waals surface area (Å²) in [4.78, 5) is 10.2. The highest BCUT2D eigenvalue weighted by Crippen LogP contribution is 2.17. The van der Waals surface area contributed by atoms with E-state index in [9.17, 15) is 13.2 Å². The van der Waals surface area contributed by atoms with Gasteiger partial charge >= 0.3 is 5.97 Å². The van der Waals surface area contributed by atoms with Crippen LogP contribution in [-0.2, 0) is 14.6 Å². The van der Waals surface area contributed by atoms with E-state index in [4.69, 9.17) is 5.11 Å². The van der Waals surface area contributed by atoms with Gasteiger partial charge < -0.3 is 5.11 Å². The van der Waals surface area contributed by atoms with Crippen LogP contribution in [-0.4, -0.2) is 31.0 Å². The Kier molecular flexibility index (Phi) is 1.68. The molecule has 0 aromatic carbocycles. The molecule has 1 N–H and O–H groups in total. The summed E-state index contributed by atoms with van der Waals surface area (Å²) in [6.45, 7) is 0. The van der Waals surface area contributed by atoms with Gasteiger partial charge in [0.05, 0.1) is 17.4 Å². The van der Waals surface area contributed by atoms with E-state index in [2.05, 4.69) is 0 Å². The van der Waals surface area contributed by atoms with Gasteiger partial charge in [-0.05, 0) is 6.42 Å². The summed E-state index contributed by atoms with van der Waals surface area (Å²) in [6, 6.07) is 0. The van der Waals surface area contributed by atoms with Crippen molar-refractivity contribution in [3.05, 3.63) is 0 Å². The maximum absolute atomic E-state index is 10.7. The van der Waals surface area contributed by atoms with Crippen molar-refractivity contribution in [1.29, 1.82) is 0 Å². The van der Waals surface area contributed by atoms with E-state index in [1.54, 1.807) is 0 Å². The maximum atomic E-state index is 10.7. The van der Waals surface area contributed by atoms with E-state index in [0.717, 1.165) is 0 Å². The molecule has 0 radical (unpaired) electrons. The van der Waals surface area contributed by atoms with Gasteiger partial charge in [-0.25, -0.2) is 8.42 Å². The van der Waals surface area contributed by atoms with E-state index in [0.29, 0.717) is 0 Å². The van der Waals surface area contributed by atoms with Gasteiger partial charge in [0.2, 0.25) is 0 Å². The third kappa shape index (κ3) is 1.47. The molecule has 5 heteroatoms. The molecule has 10 heavy (non-hydrogen) atoms. The topological polar surface area (TPSA) is 71.4 Å². The molecule has 58 valence electrons. The Morgan fingerprint density at radius 1 is 1.50 bits per heavy atom. The molecule has 0 unspecified atom stereocenters. The molecule has 4 nitrogen and oxygen atoms in total. The monoisotopic (exact) mass is 164 g/mol. The minimum absolute atomic E-state index is 0.0317. The molecule has 0 aromatic rings. The summed E-state index contributed by atoms with van der Waals surface area (Å²) in [5, 5.41) is 8.38. The molecule has 1 saturated heterocycles. The van der Waals surface area contributed by atoms with Crippen LogP contribution in [0.4, 0.5) is 0 Å². The third-order valence-corrected chi connectivity index (χ3v) is 3.35. The second-order valence-corrected chi connectivity index (χ2v) is 4.67. The number of aliphatic carboxylic acids is 1. The Balaban J connectivity index is 2.69. The van der Waals surface area contributed by atoms with Gasteiger partial charge in [0.15, 0.2) is 9.84 Å². The first-order valence-electron chi connectivity index (χ1n) is 2.94. The zero-order valence-corrected chi connectivity index (χ0v) is 6.10. The first-order chi connectivity index (χ1) is 4.51. The lowest BCUT2D eigenvalue weighted by atomic mass is 10.1. The first kappa shape index (κ1) is 7.53. The molecule has 1 aliphatic rings. The molecule has 1 heterocycles. The van der Waals surface area contributed by atoms with E-state index in [-0.39, 0.29) is 17.9 Å². The van der Waals surface area contributed by atoms with Crippen molar-refractivity contribution in [2.45, 2.75) is 6.42 Å². The highest BCUT2D eigenvalue weighted by Gasteiger charge is 2.32. The maximum Gasteiger partial charge on any atom is 0.307 e. The number of carbonyl (C=O) groups is 1. The van der Waals surface area contributed by atoms with Gasteiger partial charge in [0.1, 0.15) is 0 Å². The summed E-state index contributed by atoms with van der Waals surface area (Å²) < 4.78 is 21.4. The minimum Gasteiger partial charge on any atom is -0.481 e. The molecule has 1 rings (SSSR count). The Morgan fingerprint density at radius 2 is 2.10 bits per heavy atom. The molecule has 1 aliphatic heterocycles. The summed E-state index contributed by atoms with van der Waals surface area (Å²) in [5.41, 5.74) is 0. The normalized spacial score (nSPS) is 30.2. The van der Waals surface area contributed by atoms with Gasteiger partial charge in [-0.3, -0.25) is 4.79 Å². The molecule has 0 amide bonds. The van der Waals surface area contributed by atoms with Crippen molar-refractivity contribution in [3.63, 3.8) is 0 Å². The molecule has 0 saturated carbocycles. The van der Waals surface area contributed by atoms with Crippen LogP contribution in [0, 0.1) is 5.92 Å². The Bertz CT molecular complexity index is 240. The van der Waals surface area contributed by atoms with Crippen molar-refractivity contribution in [2.75, 3.05) is 11.5 Å². The predicted molar refractivity (Wildman–Crippen MR) is 34.4 cm³/mol. The van der Waals surface area contributed by atoms with E-state index in [1.807, 2.05) is 0 Å².